The molecule has 0 spiro atoms. The number of nitrogens with one attached hydrogen (secondary N) is 3. The predicted molar refractivity (Wildman–Crippen MR) is 151 cm³/mol. The first-order chi connectivity index (χ1) is 16.9. The second-order valence-electron chi connectivity index (χ2n) is 8.95. The van der Waals surface area contributed by atoms with Crippen LogP contribution in [0.4, 0.5) is 15.9 Å². The van der Waals surface area contributed by atoms with E-state index in [0.717, 1.165) is 41.9 Å². The molecule has 35 heavy (non-hydrogen) atoms. The Kier molecular flexibility index (Phi) is 12.2. The van der Waals surface area contributed by atoms with Crippen LogP contribution in [0, 0.1) is 11.7 Å². The van der Waals surface area contributed by atoms with Crippen LogP contribution in [-0.2, 0) is 6.54 Å². The molecule has 0 radical (unpaired) electrons. The van der Waals surface area contributed by atoms with Crippen LogP contribution in [0.1, 0.15) is 84.4 Å². The largest absolute Gasteiger partial charge is 0.0683 e. The fourth-order valence-corrected chi connectivity index (χ4v) is 8.52. The van der Waals surface area contributed by atoms with Crippen LogP contribution in [0.2, 0.25) is 4.87 Å². The number of hydrogen-bond donors (Lipinski definition) is 3. The molecule has 1 aliphatic carbocycles. The molecule has 1 fully saturated rings. The maximum Gasteiger partial charge on any atom is -0.0590 e. The third kappa shape index (κ3) is 7.78. The number of halogens is 1. The van der Waals surface area contributed by atoms with Gasteiger partial charge in [-0.1, -0.05) is 46.8 Å². The van der Waals surface area contributed by atoms with Gasteiger partial charge in [-0.25, -0.2) is 0 Å². The molecule has 4 rings (SSSR count). The number of allylic oxidation sites excluding steroid dienone is 3. The van der Waals surface area contributed by atoms with Crippen LogP contribution in [-0.4, -0.2) is 36.4 Å². The Labute approximate surface area is 219 Å². The number of anilines is 2. The molecule has 0 amide bonds. The minimum absolute atomic E-state index is 0.147. The molecule has 2 aromatic rings. The fourth-order valence-electron chi connectivity index (χ4n) is 4.40. The van der Waals surface area contributed by atoms with Crippen LogP contribution in [0.3, 0.4) is 0 Å². The van der Waals surface area contributed by atoms with Gasteiger partial charge in [0, 0.05) is 5.71 Å². The molecule has 2 unspecified atom stereocenters. The quantitative estimate of drug-likeness (QED) is 0.191. The van der Waals surface area contributed by atoms with Gasteiger partial charge in [0.2, 0.25) is 0 Å². The molecule has 7 heteroatoms. The molecule has 192 valence electrons. The first-order valence-corrected chi connectivity index (χ1v) is 17.9. The van der Waals surface area contributed by atoms with Crippen molar-refractivity contribution < 1.29 is 4.39 Å². The normalized spacial score (nSPS) is 19.1. The molecular weight excluding hydrogens is 547 g/mol. The van der Waals surface area contributed by atoms with E-state index in [1.54, 1.807) is 0 Å². The number of hydrogen-bond acceptors (Lipinski definition) is 4. The Morgan fingerprint density at radius 3 is 2.66 bits per heavy atom. The molecule has 2 heterocycles. The maximum atomic E-state index is 14.9. The van der Waals surface area contributed by atoms with Crippen molar-refractivity contribution >= 4 is 41.2 Å². The third-order valence-corrected chi connectivity index (χ3v) is 10.9. The average molecular weight is 590 g/mol. The van der Waals surface area contributed by atoms with E-state index in [1.807, 2.05) is 52.0 Å². The van der Waals surface area contributed by atoms with Crippen LogP contribution in [0.5, 0.6) is 0 Å². The van der Waals surface area contributed by atoms with Crippen molar-refractivity contribution in [3.63, 3.8) is 0 Å². The second kappa shape index (κ2) is 14.6. The molecule has 0 bridgehead atoms. The smallest absolute Gasteiger partial charge is 0.0590 e. The van der Waals surface area contributed by atoms with Crippen LogP contribution in [0.25, 0.3) is 0 Å². The third-order valence-electron chi connectivity index (χ3n) is 5.87. The Hall–Kier alpha value is -1.91. The van der Waals surface area contributed by atoms with Crippen LogP contribution >= 0.6 is 0 Å². The molecule has 5 nitrogen and oxygen atoms in total. The van der Waals surface area contributed by atoms with E-state index >= 15 is 0 Å². The standard InChI is InChI=1S/C22H26FN5.C3H8.C2H6.CH3.Sb/c1-4-6-18(25-14(2)3)15-9-10-16(11-15)20-12-21(28-27-20)26-19-8-5-7-17(13-24)22(19)23;1-3-2;1-2;;/h4-6,8,12,15-16,24H,1,9-11,13H2,2-3H3,(H2,26,27,28);3H2,1-2H3;1-2H3;1H3;/q-1;;;;+1/b18-6-;;;;. The second-order valence-corrected chi connectivity index (χ2v) is 14.4. The molecule has 1 saturated carbocycles. The number of H-pyrrole nitrogens is 1. The van der Waals surface area contributed by atoms with E-state index in [4.69, 9.17) is 4.99 Å². The molecule has 3 N–H and O–H groups in total. The number of fused-ring (bicyclic) bond motifs is 1. The van der Waals surface area contributed by atoms with E-state index in [2.05, 4.69) is 50.4 Å². The number of benzene rings is 1. The zero-order valence-corrected chi connectivity index (χ0v) is 25.1. The first kappa shape index (κ1) is 29.3. The van der Waals surface area contributed by atoms with Crippen molar-refractivity contribution in [2.45, 2.75) is 84.6 Å². The summed E-state index contributed by atoms with van der Waals surface area (Å²) in [6.45, 7) is 16.8. The van der Waals surface area contributed by atoms with Crippen molar-refractivity contribution in [1.82, 2.24) is 13.7 Å². The summed E-state index contributed by atoms with van der Waals surface area (Å²) in [6, 6.07) is 5.94. The summed E-state index contributed by atoms with van der Waals surface area (Å²) in [5, 5.41) is 10.7. The molecule has 0 saturated heterocycles. The fraction of sp³-hybridized carbons (Fsp3) is 0.500. The monoisotopic (exact) mass is 589 g/mol. The zero-order valence-electron chi connectivity index (χ0n) is 22.5. The van der Waals surface area contributed by atoms with E-state index < -0.39 is 20.5 Å². The van der Waals surface area contributed by atoms with Crippen molar-refractivity contribution in [1.29, 1.82) is 0 Å². The van der Waals surface area contributed by atoms with Gasteiger partial charge in [0.05, 0.1) is 0 Å². The summed E-state index contributed by atoms with van der Waals surface area (Å²) in [6.07, 6.45) is 8.30. The van der Waals surface area contributed by atoms with Crippen LogP contribution < -0.4 is 12.3 Å². The SMILES string of the molecule is C=C/C=C(\N=C(C)C)C1CCC(c2cc(Nc3cc[c]4c(c3F)C[NH][Sb]4[CH3])n[nH]2)C1.CC.CCC. The van der Waals surface area contributed by atoms with Gasteiger partial charge < -0.3 is 0 Å². The molecule has 1 aromatic carbocycles. The van der Waals surface area contributed by atoms with Gasteiger partial charge in [-0.05, 0) is 19.9 Å². The summed E-state index contributed by atoms with van der Waals surface area (Å²) in [5.41, 5.74) is 4.59. The summed E-state index contributed by atoms with van der Waals surface area (Å²) >= 11 is -1.62. The van der Waals surface area contributed by atoms with Gasteiger partial charge in [-0.2, -0.15) is 0 Å². The summed E-state index contributed by atoms with van der Waals surface area (Å²) < 4.78 is 19.6. The van der Waals surface area contributed by atoms with Gasteiger partial charge in [0.15, 0.2) is 0 Å². The Morgan fingerprint density at radius 2 is 2.00 bits per heavy atom. The summed E-state index contributed by atoms with van der Waals surface area (Å²) in [7, 11) is 0. The number of aromatic amines is 1. The number of rotatable bonds is 6. The minimum atomic E-state index is -1.62. The van der Waals surface area contributed by atoms with Gasteiger partial charge in [0.1, 0.15) is 0 Å². The van der Waals surface area contributed by atoms with Crippen molar-refractivity contribution in [2.24, 2.45) is 10.9 Å². The van der Waals surface area contributed by atoms with E-state index in [1.165, 1.54) is 9.93 Å². The van der Waals surface area contributed by atoms with Gasteiger partial charge in [-0.3, -0.25) is 4.99 Å². The Bertz CT molecular complexity index is 1020. The van der Waals surface area contributed by atoms with Gasteiger partial charge in [0.25, 0.3) is 0 Å². The number of nitrogens with zero attached hydrogens (tertiary/aromatic N) is 2. The molecule has 2 aliphatic rings. The van der Waals surface area contributed by atoms with Crippen molar-refractivity contribution in [3.05, 3.63) is 59.7 Å². The Morgan fingerprint density at radius 1 is 1.29 bits per heavy atom. The average Bonchev–Trinajstić information content (AvgIpc) is 3.58. The maximum absolute atomic E-state index is 14.9. The van der Waals surface area contributed by atoms with Crippen molar-refractivity contribution in [2.75, 3.05) is 5.32 Å². The number of aromatic nitrogens is 2. The first-order valence-electron chi connectivity index (χ1n) is 12.8. The molecule has 1 aliphatic heterocycles. The van der Waals surface area contributed by atoms with E-state index in [-0.39, 0.29) is 5.82 Å². The predicted octanol–water partition coefficient (Wildman–Crippen LogP) is 7.10. The number of aliphatic imine (C=N–C) groups is 1. The van der Waals surface area contributed by atoms with E-state index in [0.29, 0.717) is 29.9 Å². The topological polar surface area (TPSA) is 65.1 Å². The summed E-state index contributed by atoms with van der Waals surface area (Å²) in [5.74, 6) is 1.35. The van der Waals surface area contributed by atoms with Gasteiger partial charge in [-0.15, -0.1) is 0 Å². The summed E-state index contributed by atoms with van der Waals surface area (Å²) in [4.78, 5) is 6.94. The van der Waals surface area contributed by atoms with E-state index in [9.17, 15) is 4.39 Å². The molecule has 2 atom stereocenters. The molecule has 1 aromatic heterocycles. The molecular formula is C28H43FN5Sb. The van der Waals surface area contributed by atoms with Crippen LogP contribution in [0.15, 0.2) is 47.6 Å². The Balaban J connectivity index is 0.000000803. The van der Waals surface area contributed by atoms with Gasteiger partial charge >= 0.3 is 142 Å². The minimum Gasteiger partial charge on any atom is -0.0683 e. The van der Waals surface area contributed by atoms with Crippen molar-refractivity contribution in [3.8, 4) is 0 Å². The zero-order chi connectivity index (χ0) is 26.0.